The van der Waals surface area contributed by atoms with Gasteiger partial charge in [0.05, 0.1) is 30.9 Å². The number of carbonyl (C=O) groups excluding carboxylic acids is 3. The van der Waals surface area contributed by atoms with Crippen LogP contribution in [0.4, 0.5) is 15.8 Å². The number of nitrogens with one attached hydrogen (secondary N) is 1. The summed E-state index contributed by atoms with van der Waals surface area (Å²) >= 11 is 2.07. The minimum Gasteiger partial charge on any atom is -0.497 e. The number of hydrogen-bond donors (Lipinski definition) is 1. The first kappa shape index (κ1) is 27.7. The molecule has 2 aliphatic rings. The average molecular weight is 606 g/mol. The first-order valence-corrected chi connectivity index (χ1v) is 14.6. The van der Waals surface area contributed by atoms with Gasteiger partial charge in [0.1, 0.15) is 29.1 Å². The average Bonchev–Trinajstić information content (AvgIpc) is 3.44. The van der Waals surface area contributed by atoms with E-state index in [0.29, 0.717) is 38.3 Å². The minimum atomic E-state index is -0.845. The van der Waals surface area contributed by atoms with Crippen molar-refractivity contribution in [2.24, 2.45) is 5.92 Å². The van der Waals surface area contributed by atoms with E-state index in [1.54, 1.807) is 36.4 Å². The van der Waals surface area contributed by atoms with E-state index in [-0.39, 0.29) is 12.5 Å². The fourth-order valence-electron chi connectivity index (χ4n) is 5.38. The maximum Gasteiger partial charge on any atom is 0.308 e. The number of anilines is 2. The molecule has 9 nitrogen and oxygen atoms in total. The first-order valence-electron chi connectivity index (χ1n) is 12.9. The molecule has 2 aliphatic heterocycles. The number of rotatable bonds is 7. The summed E-state index contributed by atoms with van der Waals surface area (Å²) in [6.07, 6.45) is 0. The van der Waals surface area contributed by atoms with Crippen molar-refractivity contribution in [2.75, 3.05) is 24.4 Å². The van der Waals surface area contributed by atoms with E-state index in [4.69, 9.17) is 9.47 Å². The molecule has 0 bridgehead atoms. The Hall–Kier alpha value is -4.42. The molecular weight excluding hydrogens is 581 g/mol. The van der Waals surface area contributed by atoms with Crippen LogP contribution in [0.15, 0.2) is 82.6 Å². The second-order valence-electron chi connectivity index (χ2n) is 9.67. The summed E-state index contributed by atoms with van der Waals surface area (Å²) in [6.45, 7) is -0.324. The second-order valence-corrected chi connectivity index (χ2v) is 11.8. The topological polar surface area (TPSA) is 107 Å². The Morgan fingerprint density at radius 1 is 0.929 bits per heavy atom. The smallest absolute Gasteiger partial charge is 0.308 e. The number of para-hydroxylation sites is 1. The fourth-order valence-corrected chi connectivity index (χ4v) is 8.14. The Labute approximate surface area is 247 Å². The molecule has 3 heterocycles. The molecule has 1 N–H and O–H groups in total. The van der Waals surface area contributed by atoms with Crippen LogP contribution in [0.3, 0.4) is 0 Å². The lowest BCUT2D eigenvalue weighted by molar-refractivity contribution is -0.122. The van der Waals surface area contributed by atoms with Crippen LogP contribution in [-0.4, -0.2) is 41.8 Å². The molecule has 1 saturated heterocycles. The van der Waals surface area contributed by atoms with E-state index < -0.39 is 39.6 Å². The minimum absolute atomic E-state index is 0.324. The highest BCUT2D eigenvalue weighted by Crippen LogP contribution is 2.55. The van der Waals surface area contributed by atoms with Crippen LogP contribution in [0.2, 0.25) is 0 Å². The quantitative estimate of drug-likeness (QED) is 0.309. The largest absolute Gasteiger partial charge is 0.497 e. The second kappa shape index (κ2) is 11.1. The van der Waals surface area contributed by atoms with Crippen LogP contribution in [0, 0.1) is 11.7 Å². The summed E-state index contributed by atoms with van der Waals surface area (Å²) in [5, 5.41) is 2.28. The number of amides is 3. The third-order valence-corrected chi connectivity index (χ3v) is 9.89. The van der Waals surface area contributed by atoms with Crippen molar-refractivity contribution in [1.82, 2.24) is 4.57 Å². The molecule has 1 aromatic heterocycles. The number of nitrogens with zero attached hydrogens (tertiary/aromatic N) is 2. The summed E-state index contributed by atoms with van der Waals surface area (Å²) in [4.78, 5) is 55.6. The van der Waals surface area contributed by atoms with Crippen LogP contribution < -0.4 is 24.6 Å². The van der Waals surface area contributed by atoms with Crippen LogP contribution in [0.5, 0.6) is 11.5 Å². The molecule has 0 saturated carbocycles. The van der Waals surface area contributed by atoms with Gasteiger partial charge in [-0.25, -0.2) is 9.29 Å². The number of aromatic nitrogens is 1. The highest BCUT2D eigenvalue weighted by molar-refractivity contribution is 8.00. The fraction of sp³-hybridized carbons (Fsp3) is 0.200. The number of carbonyl (C=O) groups is 3. The van der Waals surface area contributed by atoms with Gasteiger partial charge in [-0.3, -0.25) is 23.7 Å². The van der Waals surface area contributed by atoms with Gasteiger partial charge < -0.3 is 14.8 Å². The van der Waals surface area contributed by atoms with Gasteiger partial charge in [-0.15, -0.1) is 0 Å². The summed E-state index contributed by atoms with van der Waals surface area (Å²) < 4.78 is 25.5. The molecule has 214 valence electrons. The van der Waals surface area contributed by atoms with Crippen molar-refractivity contribution in [3.8, 4) is 11.5 Å². The van der Waals surface area contributed by atoms with Gasteiger partial charge in [-0.1, -0.05) is 41.3 Å². The predicted octanol–water partition coefficient (Wildman–Crippen LogP) is 4.50. The molecule has 0 radical (unpaired) electrons. The zero-order valence-corrected chi connectivity index (χ0v) is 24.0. The summed E-state index contributed by atoms with van der Waals surface area (Å²) in [5.74, 6) is -2.10. The van der Waals surface area contributed by atoms with Gasteiger partial charge in [-0.2, -0.15) is 0 Å². The van der Waals surface area contributed by atoms with Crippen molar-refractivity contribution in [2.45, 2.75) is 22.7 Å². The van der Waals surface area contributed by atoms with Gasteiger partial charge in [0, 0.05) is 22.0 Å². The standard InChI is InChI=1S/C30H24FN3O6S2/c1-39-19-13-11-18(12-14-19)34-27(36)24-23(20-5-3-4-6-21(20)40-2)26-29(41-25(24)28(34)37)33(30(38)42-26)15-22(35)32-17-9-7-16(31)8-10-17/h3-14,23-25H,15H2,1-2H3,(H,32,35). The highest BCUT2D eigenvalue weighted by Gasteiger charge is 2.57. The molecule has 0 aliphatic carbocycles. The van der Waals surface area contributed by atoms with Gasteiger partial charge in [0.2, 0.25) is 17.7 Å². The molecule has 1 fully saturated rings. The zero-order chi connectivity index (χ0) is 29.5. The van der Waals surface area contributed by atoms with Crippen LogP contribution in [0.25, 0.3) is 0 Å². The molecule has 3 aromatic carbocycles. The number of imide groups is 1. The van der Waals surface area contributed by atoms with Crippen molar-refractivity contribution in [1.29, 1.82) is 0 Å². The van der Waals surface area contributed by atoms with Crippen molar-refractivity contribution in [3.05, 3.63) is 98.7 Å². The normalized spacial score (nSPS) is 19.3. The Kier molecular flexibility index (Phi) is 7.33. The van der Waals surface area contributed by atoms with E-state index >= 15 is 0 Å². The lowest BCUT2D eigenvalue weighted by Crippen LogP contribution is -2.33. The molecule has 12 heteroatoms. The number of thiazole rings is 1. The molecule has 0 spiro atoms. The lowest BCUT2D eigenvalue weighted by Gasteiger charge is -2.31. The van der Waals surface area contributed by atoms with Crippen molar-refractivity contribution >= 4 is 52.2 Å². The molecular formula is C30H24FN3O6S2. The van der Waals surface area contributed by atoms with Crippen molar-refractivity contribution < 1.29 is 28.2 Å². The molecule has 4 aromatic rings. The highest BCUT2D eigenvalue weighted by atomic mass is 32.2. The van der Waals surface area contributed by atoms with E-state index in [1.807, 2.05) is 12.1 Å². The molecule has 6 rings (SSSR count). The van der Waals surface area contributed by atoms with Gasteiger partial charge >= 0.3 is 4.87 Å². The Morgan fingerprint density at radius 3 is 2.33 bits per heavy atom. The third kappa shape index (κ3) is 4.76. The summed E-state index contributed by atoms with van der Waals surface area (Å²) in [7, 11) is 3.05. The molecule has 3 unspecified atom stereocenters. The van der Waals surface area contributed by atoms with E-state index in [2.05, 4.69) is 5.32 Å². The zero-order valence-electron chi connectivity index (χ0n) is 22.4. The van der Waals surface area contributed by atoms with E-state index in [0.717, 1.165) is 23.1 Å². The Bertz CT molecular complexity index is 1750. The maximum absolute atomic E-state index is 14.0. The first-order chi connectivity index (χ1) is 20.3. The van der Waals surface area contributed by atoms with Gasteiger partial charge in [-0.05, 0) is 54.6 Å². The number of benzene rings is 3. The number of halogens is 1. The van der Waals surface area contributed by atoms with Crippen molar-refractivity contribution in [3.63, 3.8) is 0 Å². The lowest BCUT2D eigenvalue weighted by atomic mass is 9.82. The molecule has 3 amide bonds. The maximum atomic E-state index is 14.0. The molecule has 42 heavy (non-hydrogen) atoms. The number of methoxy groups -OCH3 is 2. The Morgan fingerprint density at radius 2 is 1.64 bits per heavy atom. The number of ether oxygens (including phenoxy) is 2. The predicted molar refractivity (Wildman–Crippen MR) is 157 cm³/mol. The van der Waals surface area contributed by atoms with Gasteiger partial charge in [0.15, 0.2) is 0 Å². The van der Waals surface area contributed by atoms with E-state index in [1.165, 1.54) is 48.0 Å². The number of hydrogen-bond acceptors (Lipinski definition) is 8. The van der Waals surface area contributed by atoms with Crippen LogP contribution in [-0.2, 0) is 20.9 Å². The third-order valence-electron chi connectivity index (χ3n) is 7.28. The van der Waals surface area contributed by atoms with Crippen LogP contribution in [0.1, 0.15) is 16.4 Å². The SMILES string of the molecule is COc1ccc(N2C(=O)C3Sc4c(sc(=O)n4CC(=O)Nc4ccc(F)cc4)C(c4ccccc4OC)C3C2=O)cc1. The summed E-state index contributed by atoms with van der Waals surface area (Å²) in [6, 6.07) is 19.2. The number of fused-ring (bicyclic) bond motifs is 2. The van der Waals surface area contributed by atoms with E-state index in [9.17, 15) is 23.6 Å². The monoisotopic (exact) mass is 605 g/mol. The van der Waals surface area contributed by atoms with Crippen LogP contribution >= 0.6 is 23.1 Å². The van der Waals surface area contributed by atoms with Gasteiger partial charge in [0.25, 0.3) is 0 Å². The molecule has 3 atom stereocenters. The number of thioether (sulfide) groups is 1. The Balaban J connectivity index is 1.42. The summed E-state index contributed by atoms with van der Waals surface area (Å²) in [5.41, 5.74) is 1.46.